The average molecular weight is 295 g/mol. The highest BCUT2D eigenvalue weighted by Crippen LogP contribution is 2.39. The highest BCUT2D eigenvalue weighted by Gasteiger charge is 2.33. The molecule has 2 fully saturated rings. The Bertz CT molecular complexity index is 297. The SMILES string of the molecule is CC(C)NCC1CCCN(C2CCC(C(C)(C)C)CC2)C1. The van der Waals surface area contributed by atoms with Gasteiger partial charge in [0, 0.05) is 18.6 Å². The second kappa shape index (κ2) is 7.46. The van der Waals surface area contributed by atoms with Gasteiger partial charge in [-0.25, -0.2) is 0 Å². The van der Waals surface area contributed by atoms with E-state index in [-0.39, 0.29) is 0 Å². The summed E-state index contributed by atoms with van der Waals surface area (Å²) < 4.78 is 0. The monoisotopic (exact) mass is 294 g/mol. The van der Waals surface area contributed by atoms with Crippen LogP contribution in [-0.2, 0) is 0 Å². The van der Waals surface area contributed by atoms with E-state index in [9.17, 15) is 0 Å². The van der Waals surface area contributed by atoms with Crippen molar-refractivity contribution in [3.8, 4) is 0 Å². The molecule has 2 nitrogen and oxygen atoms in total. The maximum atomic E-state index is 3.64. The van der Waals surface area contributed by atoms with Crippen LogP contribution in [0.4, 0.5) is 0 Å². The Morgan fingerprint density at radius 1 is 1.05 bits per heavy atom. The molecule has 124 valence electrons. The van der Waals surface area contributed by atoms with Crippen LogP contribution in [0.25, 0.3) is 0 Å². The molecule has 2 heteroatoms. The van der Waals surface area contributed by atoms with Crippen molar-refractivity contribution in [2.75, 3.05) is 19.6 Å². The zero-order valence-electron chi connectivity index (χ0n) is 15.1. The minimum Gasteiger partial charge on any atom is -0.314 e. The third kappa shape index (κ3) is 5.25. The molecule has 1 aliphatic carbocycles. The Kier molecular flexibility index (Phi) is 6.14. The molecule has 0 aromatic carbocycles. The number of nitrogens with zero attached hydrogens (tertiary/aromatic N) is 1. The van der Waals surface area contributed by atoms with Gasteiger partial charge >= 0.3 is 0 Å². The van der Waals surface area contributed by atoms with Crippen molar-refractivity contribution < 1.29 is 0 Å². The van der Waals surface area contributed by atoms with Crippen molar-refractivity contribution in [1.29, 1.82) is 0 Å². The lowest BCUT2D eigenvalue weighted by atomic mass is 9.71. The molecule has 0 aromatic heterocycles. The highest BCUT2D eigenvalue weighted by atomic mass is 15.2. The summed E-state index contributed by atoms with van der Waals surface area (Å²) in [5.41, 5.74) is 0.511. The minimum atomic E-state index is 0.511. The molecule has 0 amide bonds. The Balaban J connectivity index is 1.77. The molecule has 1 saturated carbocycles. The quantitative estimate of drug-likeness (QED) is 0.831. The summed E-state index contributed by atoms with van der Waals surface area (Å²) in [4.78, 5) is 2.83. The Morgan fingerprint density at radius 2 is 1.71 bits per heavy atom. The van der Waals surface area contributed by atoms with E-state index in [2.05, 4.69) is 44.8 Å². The van der Waals surface area contributed by atoms with Gasteiger partial charge in [0.15, 0.2) is 0 Å². The molecule has 2 aliphatic rings. The van der Waals surface area contributed by atoms with E-state index in [1.54, 1.807) is 0 Å². The summed E-state index contributed by atoms with van der Waals surface area (Å²) in [5, 5.41) is 3.64. The fourth-order valence-electron chi connectivity index (χ4n) is 4.30. The molecule has 1 N–H and O–H groups in total. The third-order valence-electron chi connectivity index (χ3n) is 5.80. The van der Waals surface area contributed by atoms with Gasteiger partial charge in [-0.1, -0.05) is 34.6 Å². The van der Waals surface area contributed by atoms with Crippen LogP contribution in [0, 0.1) is 17.3 Å². The predicted octanol–water partition coefficient (Wildman–Crippen LogP) is 4.30. The van der Waals surface area contributed by atoms with Crippen LogP contribution in [0.3, 0.4) is 0 Å². The molecule has 1 heterocycles. The van der Waals surface area contributed by atoms with E-state index in [1.807, 2.05) is 0 Å². The van der Waals surface area contributed by atoms with Gasteiger partial charge in [-0.05, 0) is 68.9 Å². The number of piperidine rings is 1. The standard InChI is InChI=1S/C19H38N2/c1-15(2)20-13-16-7-6-12-21(14-16)18-10-8-17(9-11-18)19(3,4)5/h15-18,20H,6-14H2,1-5H3. The smallest absolute Gasteiger partial charge is 0.00955 e. The van der Waals surface area contributed by atoms with Crippen LogP contribution in [0.2, 0.25) is 0 Å². The van der Waals surface area contributed by atoms with Crippen LogP contribution >= 0.6 is 0 Å². The maximum absolute atomic E-state index is 3.64. The fraction of sp³-hybridized carbons (Fsp3) is 1.00. The van der Waals surface area contributed by atoms with E-state index >= 15 is 0 Å². The summed E-state index contributed by atoms with van der Waals surface area (Å²) >= 11 is 0. The zero-order valence-corrected chi connectivity index (χ0v) is 15.1. The van der Waals surface area contributed by atoms with Crippen LogP contribution in [0.1, 0.15) is 73.1 Å². The summed E-state index contributed by atoms with van der Waals surface area (Å²) in [7, 11) is 0. The van der Waals surface area contributed by atoms with Crippen LogP contribution in [0.5, 0.6) is 0 Å². The third-order valence-corrected chi connectivity index (χ3v) is 5.80. The van der Waals surface area contributed by atoms with Gasteiger partial charge < -0.3 is 10.2 Å². The first-order valence-electron chi connectivity index (χ1n) is 9.33. The lowest BCUT2D eigenvalue weighted by molar-refractivity contribution is 0.0644. The van der Waals surface area contributed by atoms with Gasteiger partial charge in [0.1, 0.15) is 0 Å². The summed E-state index contributed by atoms with van der Waals surface area (Å²) in [5.74, 6) is 1.82. The molecule has 0 spiro atoms. The predicted molar refractivity (Wildman–Crippen MR) is 92.6 cm³/mol. The average Bonchev–Trinajstić information content (AvgIpc) is 2.45. The summed E-state index contributed by atoms with van der Waals surface area (Å²) in [6, 6.07) is 1.51. The van der Waals surface area contributed by atoms with E-state index in [0.29, 0.717) is 11.5 Å². The number of nitrogens with one attached hydrogen (secondary N) is 1. The first kappa shape index (κ1) is 17.3. The molecule has 0 radical (unpaired) electrons. The van der Waals surface area contributed by atoms with Gasteiger partial charge in [-0.2, -0.15) is 0 Å². The molecule has 0 aromatic rings. The zero-order chi connectivity index (χ0) is 15.5. The molecule has 1 atom stereocenters. The van der Waals surface area contributed by atoms with Crippen molar-refractivity contribution in [1.82, 2.24) is 10.2 Å². The Morgan fingerprint density at radius 3 is 2.29 bits per heavy atom. The normalized spacial score (nSPS) is 32.6. The Hall–Kier alpha value is -0.0800. The van der Waals surface area contributed by atoms with Crippen molar-refractivity contribution in [3.63, 3.8) is 0 Å². The van der Waals surface area contributed by atoms with Gasteiger partial charge in [0.2, 0.25) is 0 Å². The molecule has 1 aliphatic heterocycles. The first-order valence-corrected chi connectivity index (χ1v) is 9.33. The topological polar surface area (TPSA) is 15.3 Å². The maximum Gasteiger partial charge on any atom is 0.00955 e. The second-order valence-corrected chi connectivity index (χ2v) is 8.94. The van der Waals surface area contributed by atoms with Crippen LogP contribution in [0.15, 0.2) is 0 Å². The van der Waals surface area contributed by atoms with Gasteiger partial charge in [0.25, 0.3) is 0 Å². The van der Waals surface area contributed by atoms with Gasteiger partial charge in [0.05, 0.1) is 0 Å². The molecular weight excluding hydrogens is 256 g/mol. The van der Waals surface area contributed by atoms with Gasteiger partial charge in [-0.3, -0.25) is 0 Å². The van der Waals surface area contributed by atoms with E-state index in [1.165, 1.54) is 58.2 Å². The molecular formula is C19H38N2. The summed E-state index contributed by atoms with van der Waals surface area (Å²) in [6.45, 7) is 15.7. The molecule has 1 saturated heterocycles. The second-order valence-electron chi connectivity index (χ2n) is 8.94. The lowest BCUT2D eigenvalue weighted by Crippen LogP contribution is -2.47. The fourth-order valence-corrected chi connectivity index (χ4v) is 4.30. The number of hydrogen-bond acceptors (Lipinski definition) is 2. The number of hydrogen-bond donors (Lipinski definition) is 1. The van der Waals surface area contributed by atoms with Crippen molar-refractivity contribution in [2.45, 2.75) is 85.2 Å². The van der Waals surface area contributed by atoms with Crippen LogP contribution in [-0.4, -0.2) is 36.6 Å². The van der Waals surface area contributed by atoms with Crippen LogP contribution < -0.4 is 5.32 Å². The molecule has 2 rings (SSSR count). The number of rotatable bonds is 4. The first-order chi connectivity index (χ1) is 9.86. The Labute approximate surface area is 133 Å². The molecule has 0 bridgehead atoms. The largest absolute Gasteiger partial charge is 0.314 e. The number of likely N-dealkylation sites (tertiary alicyclic amines) is 1. The molecule has 1 unspecified atom stereocenters. The lowest BCUT2D eigenvalue weighted by Gasteiger charge is -2.44. The van der Waals surface area contributed by atoms with Crippen molar-refractivity contribution >= 4 is 0 Å². The van der Waals surface area contributed by atoms with Crippen molar-refractivity contribution in [2.24, 2.45) is 17.3 Å². The van der Waals surface area contributed by atoms with Gasteiger partial charge in [-0.15, -0.1) is 0 Å². The highest BCUT2D eigenvalue weighted by molar-refractivity contribution is 4.87. The summed E-state index contributed by atoms with van der Waals surface area (Å²) in [6.07, 6.45) is 8.59. The van der Waals surface area contributed by atoms with E-state index in [0.717, 1.165) is 17.9 Å². The van der Waals surface area contributed by atoms with Crippen molar-refractivity contribution in [3.05, 3.63) is 0 Å². The van der Waals surface area contributed by atoms with E-state index in [4.69, 9.17) is 0 Å². The molecule has 21 heavy (non-hydrogen) atoms. The minimum absolute atomic E-state index is 0.511. The van der Waals surface area contributed by atoms with E-state index < -0.39 is 0 Å².